The largest absolute Gasteiger partial charge is 0.381 e. The second-order valence-corrected chi connectivity index (χ2v) is 9.91. The molecule has 2 aromatic heterocycles. The predicted octanol–water partition coefficient (Wildman–Crippen LogP) is 4.35. The maximum atomic E-state index is 13.8. The number of anilines is 2. The molecule has 174 valence electrons. The van der Waals surface area contributed by atoms with E-state index in [0.29, 0.717) is 33.9 Å². The average Bonchev–Trinajstić information content (AvgIpc) is 3.79. The van der Waals surface area contributed by atoms with Crippen molar-refractivity contribution in [2.24, 2.45) is 0 Å². The van der Waals surface area contributed by atoms with Crippen molar-refractivity contribution in [1.29, 1.82) is 5.26 Å². The van der Waals surface area contributed by atoms with Gasteiger partial charge < -0.3 is 10.6 Å². The van der Waals surface area contributed by atoms with Gasteiger partial charge in [-0.1, -0.05) is 28.9 Å². The number of hydrogen-bond acceptors (Lipinski definition) is 6. The maximum Gasteiger partial charge on any atom is 0.148 e. The number of halogens is 2. The predicted molar refractivity (Wildman–Crippen MR) is 136 cm³/mol. The van der Waals surface area contributed by atoms with Crippen molar-refractivity contribution >= 4 is 41.7 Å². The van der Waals surface area contributed by atoms with Crippen LogP contribution < -0.4 is 10.6 Å². The van der Waals surface area contributed by atoms with Crippen LogP contribution in [-0.2, 0) is 5.44 Å². The van der Waals surface area contributed by atoms with Crippen LogP contribution in [0.4, 0.5) is 15.8 Å². The fourth-order valence-corrected chi connectivity index (χ4v) is 4.65. The summed E-state index contributed by atoms with van der Waals surface area (Å²) in [5.74, 6) is -0.308. The van der Waals surface area contributed by atoms with Crippen LogP contribution in [0.3, 0.4) is 0 Å². The van der Waals surface area contributed by atoms with Crippen molar-refractivity contribution in [3.63, 3.8) is 0 Å². The summed E-state index contributed by atoms with van der Waals surface area (Å²) >= 11 is 6.68. The van der Waals surface area contributed by atoms with E-state index in [9.17, 15) is 9.65 Å². The molecule has 2 heterocycles. The summed E-state index contributed by atoms with van der Waals surface area (Å²) in [6.07, 6.45) is 7.83. The van der Waals surface area contributed by atoms with Crippen molar-refractivity contribution in [2.75, 3.05) is 10.6 Å². The Kier molecular flexibility index (Phi) is 5.15. The molecule has 2 aliphatic rings. The summed E-state index contributed by atoms with van der Waals surface area (Å²) in [4.78, 5) is 4.44. The number of nitrogens with zero attached hydrogens (tertiary/aromatic N) is 5. The van der Waals surface area contributed by atoms with E-state index in [1.54, 1.807) is 18.3 Å². The summed E-state index contributed by atoms with van der Waals surface area (Å²) in [6, 6.07) is 13.1. The SMILES string of the molecule is BC(Nc1cc(Cl)c2ncc(C#N)c(NC3CC3)c2c1)(c1ccc(F)cc1)c1cn(C2CC2)nn1. The molecule has 1 unspecified atom stereocenters. The Bertz CT molecular complexity index is 1470. The van der Waals surface area contributed by atoms with E-state index in [0.717, 1.165) is 48.0 Å². The highest BCUT2D eigenvalue weighted by molar-refractivity contribution is 6.36. The normalized spacial score (nSPS) is 17.1. The molecule has 0 radical (unpaired) electrons. The molecule has 1 atom stereocenters. The summed E-state index contributed by atoms with van der Waals surface area (Å²) in [5, 5.41) is 26.8. The van der Waals surface area contributed by atoms with E-state index in [1.807, 2.05) is 30.9 Å². The van der Waals surface area contributed by atoms with E-state index in [1.165, 1.54) is 12.1 Å². The van der Waals surface area contributed by atoms with Crippen LogP contribution in [0.15, 0.2) is 48.8 Å². The zero-order valence-corrected chi connectivity index (χ0v) is 19.8. The lowest BCUT2D eigenvalue weighted by Gasteiger charge is -2.31. The molecule has 2 aliphatic carbocycles. The van der Waals surface area contributed by atoms with Gasteiger partial charge in [-0.05, 0) is 55.5 Å². The van der Waals surface area contributed by atoms with Crippen LogP contribution in [0.2, 0.25) is 5.02 Å². The van der Waals surface area contributed by atoms with Crippen molar-refractivity contribution < 1.29 is 4.39 Å². The summed E-state index contributed by atoms with van der Waals surface area (Å²) < 4.78 is 15.7. The van der Waals surface area contributed by atoms with E-state index < -0.39 is 5.44 Å². The highest BCUT2D eigenvalue weighted by Gasteiger charge is 2.34. The first-order valence-corrected chi connectivity index (χ1v) is 12.1. The van der Waals surface area contributed by atoms with Gasteiger partial charge in [-0.3, -0.25) is 4.98 Å². The second-order valence-electron chi connectivity index (χ2n) is 9.50. The molecule has 4 aromatic rings. The Morgan fingerprint density at radius 2 is 1.94 bits per heavy atom. The molecule has 0 spiro atoms. The van der Waals surface area contributed by atoms with Gasteiger partial charge in [0, 0.05) is 23.3 Å². The quantitative estimate of drug-likeness (QED) is 0.378. The standard InChI is InChI=1S/C25H22BClFN7/c26-25(15-1-3-16(28)4-2-15,22-13-35(34-33-22)19-7-8-19)32-18-9-20-23(31-17-5-6-17)14(11-29)12-30-24(20)21(27)10-18/h1-4,9-10,12-13,17,19,32H,5-8,26H2,(H,30,31). The minimum Gasteiger partial charge on any atom is -0.381 e. The highest BCUT2D eigenvalue weighted by atomic mass is 35.5. The van der Waals surface area contributed by atoms with Gasteiger partial charge in [0.1, 0.15) is 25.4 Å². The minimum atomic E-state index is -0.817. The Hall–Kier alpha value is -3.64. The molecule has 0 aliphatic heterocycles. The molecule has 6 rings (SSSR count). The van der Waals surface area contributed by atoms with Gasteiger partial charge in [-0.25, -0.2) is 9.07 Å². The summed E-state index contributed by atoms with van der Waals surface area (Å²) in [7, 11) is 1.99. The van der Waals surface area contributed by atoms with E-state index >= 15 is 0 Å². The minimum absolute atomic E-state index is 0.308. The number of nitrogens with one attached hydrogen (secondary N) is 2. The molecule has 2 fully saturated rings. The Morgan fingerprint density at radius 3 is 2.63 bits per heavy atom. The molecule has 10 heteroatoms. The fourth-order valence-electron chi connectivity index (χ4n) is 4.38. The number of aromatic nitrogens is 4. The molecule has 0 amide bonds. The van der Waals surface area contributed by atoms with Gasteiger partial charge in [0.25, 0.3) is 0 Å². The van der Waals surface area contributed by atoms with E-state index in [2.05, 4.69) is 32.0 Å². The zero-order valence-electron chi connectivity index (χ0n) is 19.1. The first-order valence-electron chi connectivity index (χ1n) is 11.7. The maximum absolute atomic E-state index is 13.8. The molecule has 2 saturated carbocycles. The highest BCUT2D eigenvalue weighted by Crippen LogP contribution is 2.39. The lowest BCUT2D eigenvalue weighted by atomic mass is 9.69. The molecule has 35 heavy (non-hydrogen) atoms. The van der Waals surface area contributed by atoms with Gasteiger partial charge in [-0.15, -0.1) is 5.10 Å². The molecule has 0 saturated heterocycles. The molecule has 0 bridgehead atoms. The van der Waals surface area contributed by atoms with Gasteiger partial charge in [0.15, 0.2) is 0 Å². The van der Waals surface area contributed by atoms with Crippen molar-refractivity contribution in [3.8, 4) is 6.07 Å². The second kappa shape index (κ2) is 8.24. The molecule has 2 N–H and O–H groups in total. The summed E-state index contributed by atoms with van der Waals surface area (Å²) in [6.45, 7) is 0. The number of pyridine rings is 1. The van der Waals surface area contributed by atoms with E-state index in [4.69, 9.17) is 11.6 Å². The lowest BCUT2D eigenvalue weighted by molar-refractivity contribution is 0.610. The first-order chi connectivity index (χ1) is 16.9. The Labute approximate surface area is 207 Å². The van der Waals surface area contributed by atoms with E-state index in [-0.39, 0.29) is 5.82 Å². The third-order valence-electron chi connectivity index (χ3n) is 6.73. The van der Waals surface area contributed by atoms with Crippen LogP contribution in [0.5, 0.6) is 0 Å². The van der Waals surface area contributed by atoms with Crippen LogP contribution >= 0.6 is 11.6 Å². The first kappa shape index (κ1) is 21.9. The lowest BCUT2D eigenvalue weighted by Crippen LogP contribution is -2.37. The fraction of sp³-hybridized carbons (Fsp3) is 0.280. The number of nitriles is 1. The van der Waals surface area contributed by atoms with Crippen LogP contribution in [0.1, 0.15) is 48.5 Å². The topological polar surface area (TPSA) is 91.5 Å². The van der Waals surface area contributed by atoms with Gasteiger partial charge in [-0.2, -0.15) is 5.26 Å². The van der Waals surface area contributed by atoms with Gasteiger partial charge in [0.2, 0.25) is 0 Å². The molecular weight excluding hydrogens is 464 g/mol. The third-order valence-corrected chi connectivity index (χ3v) is 7.02. The Morgan fingerprint density at radius 1 is 1.17 bits per heavy atom. The number of fused-ring (bicyclic) bond motifs is 1. The van der Waals surface area contributed by atoms with Crippen LogP contribution in [0, 0.1) is 17.1 Å². The van der Waals surface area contributed by atoms with Gasteiger partial charge in [0.05, 0.1) is 39.5 Å². The number of benzene rings is 2. The smallest absolute Gasteiger partial charge is 0.148 e. The monoisotopic (exact) mass is 485 g/mol. The molecule has 2 aromatic carbocycles. The third kappa shape index (κ3) is 4.08. The van der Waals surface area contributed by atoms with Crippen LogP contribution in [0.25, 0.3) is 10.9 Å². The summed E-state index contributed by atoms with van der Waals surface area (Å²) in [5.41, 5.74) is 3.31. The zero-order chi connectivity index (χ0) is 24.2. The Balaban J connectivity index is 1.47. The molecule has 7 nitrogen and oxygen atoms in total. The average molecular weight is 486 g/mol. The van der Waals surface area contributed by atoms with Crippen molar-refractivity contribution in [3.05, 3.63) is 76.5 Å². The van der Waals surface area contributed by atoms with Crippen LogP contribution in [-0.4, -0.2) is 33.9 Å². The molecular formula is C25H22BClFN7. The van der Waals surface area contributed by atoms with Crippen molar-refractivity contribution in [2.45, 2.75) is 43.2 Å². The number of rotatable bonds is 7. The number of hydrogen-bond donors (Lipinski definition) is 2. The van der Waals surface area contributed by atoms with Crippen molar-refractivity contribution in [1.82, 2.24) is 20.0 Å². The van der Waals surface area contributed by atoms with Gasteiger partial charge >= 0.3 is 0 Å².